The van der Waals surface area contributed by atoms with Crippen molar-refractivity contribution in [3.05, 3.63) is 39.9 Å². The molecule has 1 aromatic heterocycles. The fourth-order valence-electron chi connectivity index (χ4n) is 2.21. The highest BCUT2D eigenvalue weighted by molar-refractivity contribution is 7.15. The van der Waals surface area contributed by atoms with E-state index in [2.05, 4.69) is 31.0 Å². The second kappa shape index (κ2) is 6.06. The normalized spacial score (nSPS) is 10.7. The molecule has 0 atom stereocenters. The molecular weight excluding hydrogens is 256 g/mol. The standard InChI is InChI=1S/C15H20N2OS/c1-4-5-12-14(19-15(16)17-12)9-11-6-7-13(18-3)10(2)8-11/h6-8H,4-5,9H2,1-3H3,(H2,16,17). The number of nitrogen functional groups attached to an aromatic ring is 1. The highest BCUT2D eigenvalue weighted by Crippen LogP contribution is 2.26. The van der Waals surface area contributed by atoms with Crippen molar-refractivity contribution < 1.29 is 4.74 Å². The summed E-state index contributed by atoms with van der Waals surface area (Å²) in [6.07, 6.45) is 2.99. The van der Waals surface area contributed by atoms with Gasteiger partial charge in [0.15, 0.2) is 5.13 Å². The first-order chi connectivity index (χ1) is 9.13. The van der Waals surface area contributed by atoms with Crippen molar-refractivity contribution in [1.29, 1.82) is 0 Å². The van der Waals surface area contributed by atoms with Gasteiger partial charge in [-0.3, -0.25) is 0 Å². The minimum atomic E-state index is 0.670. The number of aryl methyl sites for hydroxylation is 2. The first-order valence-corrected chi connectivity index (χ1v) is 7.33. The van der Waals surface area contributed by atoms with Gasteiger partial charge in [0.1, 0.15) is 5.75 Å². The number of nitrogens with two attached hydrogens (primary N) is 1. The molecule has 0 unspecified atom stereocenters. The number of hydrogen-bond donors (Lipinski definition) is 1. The second-order valence-corrected chi connectivity index (χ2v) is 5.77. The molecule has 0 aliphatic carbocycles. The molecular formula is C15H20N2OS. The lowest BCUT2D eigenvalue weighted by atomic mass is 10.1. The molecule has 19 heavy (non-hydrogen) atoms. The minimum Gasteiger partial charge on any atom is -0.496 e. The zero-order valence-corrected chi connectivity index (χ0v) is 12.5. The zero-order valence-electron chi connectivity index (χ0n) is 11.7. The van der Waals surface area contributed by atoms with Crippen molar-refractivity contribution in [1.82, 2.24) is 4.98 Å². The topological polar surface area (TPSA) is 48.1 Å². The van der Waals surface area contributed by atoms with Gasteiger partial charge in [0.25, 0.3) is 0 Å². The maximum Gasteiger partial charge on any atom is 0.180 e. The van der Waals surface area contributed by atoms with Gasteiger partial charge in [0.05, 0.1) is 12.8 Å². The average molecular weight is 276 g/mol. The summed E-state index contributed by atoms with van der Waals surface area (Å²) in [6.45, 7) is 4.23. The van der Waals surface area contributed by atoms with Crippen molar-refractivity contribution in [2.24, 2.45) is 0 Å². The number of aromatic nitrogens is 1. The monoisotopic (exact) mass is 276 g/mol. The Bertz CT molecular complexity index is 563. The van der Waals surface area contributed by atoms with Crippen LogP contribution in [0.1, 0.15) is 35.0 Å². The van der Waals surface area contributed by atoms with E-state index in [9.17, 15) is 0 Å². The third-order valence-corrected chi connectivity index (χ3v) is 4.03. The van der Waals surface area contributed by atoms with Crippen LogP contribution in [0.2, 0.25) is 0 Å². The Morgan fingerprint density at radius 3 is 2.79 bits per heavy atom. The van der Waals surface area contributed by atoms with Crippen LogP contribution in [0.25, 0.3) is 0 Å². The number of anilines is 1. The molecule has 0 amide bonds. The molecule has 0 radical (unpaired) electrons. The molecule has 0 aliphatic rings. The van der Waals surface area contributed by atoms with Crippen LogP contribution in [-0.2, 0) is 12.8 Å². The molecule has 0 bridgehead atoms. The van der Waals surface area contributed by atoms with Gasteiger partial charge in [-0.2, -0.15) is 0 Å². The lowest BCUT2D eigenvalue weighted by Crippen LogP contribution is -1.94. The Morgan fingerprint density at radius 1 is 1.37 bits per heavy atom. The molecule has 0 saturated heterocycles. The quantitative estimate of drug-likeness (QED) is 0.908. The minimum absolute atomic E-state index is 0.670. The molecule has 0 fully saturated rings. The van der Waals surface area contributed by atoms with E-state index in [0.29, 0.717) is 5.13 Å². The van der Waals surface area contributed by atoms with E-state index in [1.54, 1.807) is 18.4 Å². The van der Waals surface area contributed by atoms with Crippen molar-refractivity contribution in [3.63, 3.8) is 0 Å². The van der Waals surface area contributed by atoms with Gasteiger partial charge in [0, 0.05) is 11.3 Å². The van der Waals surface area contributed by atoms with Crippen LogP contribution >= 0.6 is 11.3 Å². The van der Waals surface area contributed by atoms with Crippen LogP contribution in [-0.4, -0.2) is 12.1 Å². The third-order valence-electron chi connectivity index (χ3n) is 3.11. The number of methoxy groups -OCH3 is 1. The van der Waals surface area contributed by atoms with Crippen molar-refractivity contribution in [3.8, 4) is 5.75 Å². The maximum absolute atomic E-state index is 5.83. The Balaban J connectivity index is 2.23. The fraction of sp³-hybridized carbons (Fsp3) is 0.400. The van der Waals surface area contributed by atoms with E-state index in [4.69, 9.17) is 10.5 Å². The predicted molar refractivity (Wildman–Crippen MR) is 81.1 cm³/mol. The van der Waals surface area contributed by atoms with Crippen LogP contribution in [0.15, 0.2) is 18.2 Å². The number of ether oxygens (including phenoxy) is 1. The number of benzene rings is 1. The van der Waals surface area contributed by atoms with E-state index in [0.717, 1.165) is 36.3 Å². The Kier molecular flexibility index (Phi) is 4.43. The van der Waals surface area contributed by atoms with Crippen LogP contribution < -0.4 is 10.5 Å². The van der Waals surface area contributed by atoms with Crippen LogP contribution in [0.4, 0.5) is 5.13 Å². The molecule has 0 spiro atoms. The van der Waals surface area contributed by atoms with E-state index >= 15 is 0 Å². The second-order valence-electron chi connectivity index (χ2n) is 4.65. The average Bonchev–Trinajstić information content (AvgIpc) is 2.70. The van der Waals surface area contributed by atoms with Gasteiger partial charge in [-0.05, 0) is 30.5 Å². The summed E-state index contributed by atoms with van der Waals surface area (Å²) in [7, 11) is 1.70. The predicted octanol–water partition coefficient (Wildman–Crippen LogP) is 3.59. The summed E-state index contributed by atoms with van der Waals surface area (Å²) in [5, 5.41) is 0.670. The number of rotatable bonds is 5. The molecule has 1 heterocycles. The third kappa shape index (κ3) is 3.26. The SMILES string of the molecule is CCCc1nc(N)sc1Cc1ccc(OC)c(C)c1. The fourth-order valence-corrected chi connectivity index (χ4v) is 3.12. The van der Waals surface area contributed by atoms with E-state index in [1.165, 1.54) is 10.4 Å². The van der Waals surface area contributed by atoms with E-state index in [-0.39, 0.29) is 0 Å². The van der Waals surface area contributed by atoms with Crippen molar-refractivity contribution >= 4 is 16.5 Å². The smallest absolute Gasteiger partial charge is 0.180 e. The van der Waals surface area contributed by atoms with Crippen molar-refractivity contribution in [2.75, 3.05) is 12.8 Å². The van der Waals surface area contributed by atoms with Crippen LogP contribution in [0.5, 0.6) is 5.75 Å². The lowest BCUT2D eigenvalue weighted by Gasteiger charge is -2.07. The van der Waals surface area contributed by atoms with Gasteiger partial charge in [-0.15, -0.1) is 11.3 Å². The summed E-state index contributed by atoms with van der Waals surface area (Å²) in [6, 6.07) is 6.30. The number of nitrogens with zero attached hydrogens (tertiary/aromatic N) is 1. The summed E-state index contributed by atoms with van der Waals surface area (Å²) in [5.41, 5.74) is 9.42. The summed E-state index contributed by atoms with van der Waals surface area (Å²) in [4.78, 5) is 5.71. The summed E-state index contributed by atoms with van der Waals surface area (Å²) in [5.74, 6) is 0.932. The molecule has 1 aromatic carbocycles. The van der Waals surface area contributed by atoms with E-state index in [1.807, 2.05) is 6.07 Å². The van der Waals surface area contributed by atoms with Gasteiger partial charge >= 0.3 is 0 Å². The Hall–Kier alpha value is -1.55. The van der Waals surface area contributed by atoms with Gasteiger partial charge < -0.3 is 10.5 Å². The van der Waals surface area contributed by atoms with Gasteiger partial charge in [-0.25, -0.2) is 4.98 Å². The number of hydrogen-bond acceptors (Lipinski definition) is 4. The molecule has 0 saturated carbocycles. The molecule has 102 valence electrons. The molecule has 3 nitrogen and oxygen atoms in total. The highest BCUT2D eigenvalue weighted by Gasteiger charge is 2.10. The zero-order chi connectivity index (χ0) is 13.8. The first kappa shape index (κ1) is 13.9. The van der Waals surface area contributed by atoms with Crippen molar-refractivity contribution in [2.45, 2.75) is 33.1 Å². The largest absolute Gasteiger partial charge is 0.496 e. The molecule has 4 heteroatoms. The molecule has 2 rings (SSSR count). The Morgan fingerprint density at radius 2 is 2.16 bits per heavy atom. The van der Waals surface area contributed by atoms with E-state index < -0.39 is 0 Å². The van der Waals surface area contributed by atoms with Crippen LogP contribution in [0, 0.1) is 6.92 Å². The lowest BCUT2D eigenvalue weighted by molar-refractivity contribution is 0.411. The van der Waals surface area contributed by atoms with Gasteiger partial charge in [0.2, 0.25) is 0 Å². The molecule has 2 N–H and O–H groups in total. The Labute approximate surface area is 118 Å². The molecule has 2 aromatic rings. The maximum atomic E-state index is 5.83. The van der Waals surface area contributed by atoms with Gasteiger partial charge in [-0.1, -0.05) is 25.5 Å². The summed E-state index contributed by atoms with van der Waals surface area (Å²) >= 11 is 1.60. The first-order valence-electron chi connectivity index (χ1n) is 6.51. The molecule has 0 aliphatic heterocycles. The highest BCUT2D eigenvalue weighted by atomic mass is 32.1. The number of thiazole rings is 1. The summed E-state index contributed by atoms with van der Waals surface area (Å²) < 4.78 is 5.29. The van der Waals surface area contributed by atoms with Crippen LogP contribution in [0.3, 0.4) is 0 Å².